The number of rotatable bonds is 6. The van der Waals surface area contributed by atoms with Crippen LogP contribution in [0.25, 0.3) is 0 Å². The summed E-state index contributed by atoms with van der Waals surface area (Å²) in [5.74, 6) is 0.497. The van der Waals surface area contributed by atoms with E-state index in [0.29, 0.717) is 18.7 Å². The van der Waals surface area contributed by atoms with Gasteiger partial charge in [-0.3, -0.25) is 4.79 Å². The molecule has 0 bridgehead atoms. The van der Waals surface area contributed by atoms with Crippen LogP contribution in [0.5, 0.6) is 5.75 Å². The first-order valence-electron chi connectivity index (χ1n) is 6.33. The fraction of sp³-hybridized carbons (Fsp3) is 0.286. The lowest BCUT2D eigenvalue weighted by atomic mass is 10.3. The van der Waals surface area contributed by atoms with Crippen LogP contribution in [-0.4, -0.2) is 28.5 Å². The fourth-order valence-corrected chi connectivity index (χ4v) is 1.68. The summed E-state index contributed by atoms with van der Waals surface area (Å²) in [6, 6.07) is 5.70. The maximum Gasteiger partial charge on any atom is 0.260 e. The average Bonchev–Trinajstić information content (AvgIpc) is 2.91. The van der Waals surface area contributed by atoms with E-state index in [9.17, 15) is 9.18 Å². The van der Waals surface area contributed by atoms with Gasteiger partial charge in [-0.25, -0.2) is 9.37 Å². The summed E-state index contributed by atoms with van der Waals surface area (Å²) in [4.78, 5) is 18.8. The Morgan fingerprint density at radius 2 is 2.40 bits per heavy atom. The number of ether oxygens (including phenoxy) is 1. The number of nitrogens with zero attached hydrogens (tertiary/aromatic N) is 1. The van der Waals surface area contributed by atoms with E-state index in [4.69, 9.17) is 4.74 Å². The zero-order valence-corrected chi connectivity index (χ0v) is 11.1. The van der Waals surface area contributed by atoms with Crippen LogP contribution in [0.3, 0.4) is 0 Å². The number of aromatic nitrogens is 2. The van der Waals surface area contributed by atoms with E-state index in [2.05, 4.69) is 15.3 Å². The minimum absolute atomic E-state index is 0.249. The molecule has 0 aliphatic heterocycles. The second kappa shape index (κ2) is 6.70. The molecule has 2 aromatic rings. The molecule has 0 radical (unpaired) electrons. The van der Waals surface area contributed by atoms with Gasteiger partial charge in [-0.1, -0.05) is 6.07 Å². The predicted octanol–water partition coefficient (Wildman–Crippen LogP) is 1.67. The van der Waals surface area contributed by atoms with Crippen LogP contribution in [0.15, 0.2) is 36.7 Å². The molecule has 0 aliphatic carbocycles. The van der Waals surface area contributed by atoms with E-state index in [-0.39, 0.29) is 5.91 Å². The lowest BCUT2D eigenvalue weighted by Crippen LogP contribution is -2.37. The third kappa shape index (κ3) is 4.08. The third-order valence-electron chi connectivity index (χ3n) is 2.69. The van der Waals surface area contributed by atoms with Gasteiger partial charge in [0.05, 0.1) is 0 Å². The maximum absolute atomic E-state index is 13.0. The molecule has 0 spiro atoms. The number of halogens is 1. The largest absolute Gasteiger partial charge is 0.481 e. The van der Waals surface area contributed by atoms with Gasteiger partial charge in [0.25, 0.3) is 5.91 Å². The van der Waals surface area contributed by atoms with Crippen LogP contribution in [0.4, 0.5) is 4.39 Å². The molecule has 1 atom stereocenters. The molecule has 0 saturated carbocycles. The van der Waals surface area contributed by atoms with Crippen molar-refractivity contribution >= 4 is 5.91 Å². The smallest absolute Gasteiger partial charge is 0.260 e. The van der Waals surface area contributed by atoms with Crippen molar-refractivity contribution < 1.29 is 13.9 Å². The summed E-state index contributed by atoms with van der Waals surface area (Å²) in [5, 5.41) is 2.74. The van der Waals surface area contributed by atoms with Gasteiger partial charge in [0.15, 0.2) is 6.10 Å². The number of imidazole rings is 1. The average molecular weight is 277 g/mol. The van der Waals surface area contributed by atoms with Gasteiger partial charge < -0.3 is 15.0 Å². The highest BCUT2D eigenvalue weighted by Gasteiger charge is 2.14. The molecule has 0 aliphatic rings. The summed E-state index contributed by atoms with van der Waals surface area (Å²) in [6.07, 6.45) is 3.32. The first-order valence-corrected chi connectivity index (χ1v) is 6.33. The first kappa shape index (κ1) is 14.0. The molecule has 20 heavy (non-hydrogen) atoms. The van der Waals surface area contributed by atoms with Gasteiger partial charge in [-0.15, -0.1) is 0 Å². The molecule has 1 unspecified atom stereocenters. The number of hydrogen-bond donors (Lipinski definition) is 2. The predicted molar refractivity (Wildman–Crippen MR) is 71.8 cm³/mol. The Labute approximate surface area is 116 Å². The zero-order chi connectivity index (χ0) is 14.4. The van der Waals surface area contributed by atoms with Crippen LogP contribution in [-0.2, 0) is 11.2 Å². The summed E-state index contributed by atoms with van der Waals surface area (Å²) >= 11 is 0. The lowest BCUT2D eigenvalue weighted by Gasteiger charge is -2.14. The summed E-state index contributed by atoms with van der Waals surface area (Å²) in [5.41, 5.74) is 0. The molecule has 6 heteroatoms. The van der Waals surface area contributed by atoms with Crippen LogP contribution < -0.4 is 10.1 Å². The van der Waals surface area contributed by atoms with Crippen molar-refractivity contribution in [3.8, 4) is 5.75 Å². The molecule has 5 nitrogen and oxygen atoms in total. The van der Waals surface area contributed by atoms with Crippen LogP contribution in [0.2, 0.25) is 0 Å². The Hall–Kier alpha value is -2.37. The van der Waals surface area contributed by atoms with E-state index in [1.165, 1.54) is 18.2 Å². The van der Waals surface area contributed by atoms with Crippen LogP contribution in [0, 0.1) is 5.82 Å². The van der Waals surface area contributed by atoms with Gasteiger partial charge in [-0.05, 0) is 19.1 Å². The molecular formula is C14H16FN3O2. The van der Waals surface area contributed by atoms with Gasteiger partial charge >= 0.3 is 0 Å². The number of nitrogens with one attached hydrogen (secondary N) is 2. The van der Waals surface area contributed by atoms with Gasteiger partial charge in [0.2, 0.25) is 0 Å². The van der Waals surface area contributed by atoms with E-state index < -0.39 is 11.9 Å². The number of carbonyl (C=O) groups is 1. The number of H-pyrrole nitrogens is 1. The molecule has 0 saturated heterocycles. The van der Waals surface area contributed by atoms with Gasteiger partial charge in [0.1, 0.15) is 17.4 Å². The van der Waals surface area contributed by atoms with E-state index in [1.54, 1.807) is 25.4 Å². The Morgan fingerprint density at radius 1 is 1.55 bits per heavy atom. The second-order valence-electron chi connectivity index (χ2n) is 4.29. The number of benzene rings is 1. The molecule has 1 amide bonds. The van der Waals surface area contributed by atoms with E-state index in [1.807, 2.05) is 0 Å². The Morgan fingerprint density at radius 3 is 3.10 bits per heavy atom. The molecule has 106 valence electrons. The Kier molecular flexibility index (Phi) is 4.70. The van der Waals surface area contributed by atoms with Crippen molar-refractivity contribution in [1.82, 2.24) is 15.3 Å². The SMILES string of the molecule is CC(Oc1cccc(F)c1)C(=O)NCCc1ncc[nH]1. The highest BCUT2D eigenvalue weighted by molar-refractivity contribution is 5.80. The normalized spacial score (nSPS) is 11.9. The number of amides is 1. The molecule has 1 aromatic heterocycles. The lowest BCUT2D eigenvalue weighted by molar-refractivity contribution is -0.127. The minimum atomic E-state index is -0.687. The summed E-state index contributed by atoms with van der Waals surface area (Å²) < 4.78 is 18.4. The van der Waals surface area contributed by atoms with Crippen molar-refractivity contribution in [2.24, 2.45) is 0 Å². The van der Waals surface area contributed by atoms with Crippen molar-refractivity contribution in [2.45, 2.75) is 19.4 Å². The molecule has 0 fully saturated rings. The molecule has 2 N–H and O–H groups in total. The van der Waals surface area contributed by atoms with Gasteiger partial charge in [0, 0.05) is 31.4 Å². The number of carbonyl (C=O) groups excluding carboxylic acids is 1. The first-order chi connectivity index (χ1) is 9.65. The monoisotopic (exact) mass is 277 g/mol. The summed E-state index contributed by atoms with van der Waals surface area (Å²) in [6.45, 7) is 2.08. The van der Waals surface area contributed by atoms with Crippen LogP contribution >= 0.6 is 0 Å². The highest BCUT2D eigenvalue weighted by atomic mass is 19.1. The second-order valence-corrected chi connectivity index (χ2v) is 4.29. The standard InChI is InChI=1S/C14H16FN3O2/c1-10(20-12-4-2-3-11(15)9-12)14(19)18-6-5-13-16-7-8-17-13/h2-4,7-10H,5-6H2,1H3,(H,16,17)(H,18,19). The van der Waals surface area contributed by atoms with Crippen molar-refractivity contribution in [3.05, 3.63) is 48.3 Å². The zero-order valence-electron chi connectivity index (χ0n) is 11.1. The van der Waals surface area contributed by atoms with E-state index >= 15 is 0 Å². The number of aromatic amines is 1. The number of hydrogen-bond acceptors (Lipinski definition) is 3. The maximum atomic E-state index is 13.0. The summed E-state index contributed by atoms with van der Waals surface area (Å²) in [7, 11) is 0. The third-order valence-corrected chi connectivity index (χ3v) is 2.69. The topological polar surface area (TPSA) is 67.0 Å². The van der Waals surface area contributed by atoms with Gasteiger partial charge in [-0.2, -0.15) is 0 Å². The molecule has 2 rings (SSSR count). The highest BCUT2D eigenvalue weighted by Crippen LogP contribution is 2.13. The van der Waals surface area contributed by atoms with Crippen LogP contribution in [0.1, 0.15) is 12.7 Å². The quantitative estimate of drug-likeness (QED) is 0.844. The minimum Gasteiger partial charge on any atom is -0.481 e. The van der Waals surface area contributed by atoms with Crippen molar-refractivity contribution in [2.75, 3.05) is 6.54 Å². The molecule has 1 heterocycles. The van der Waals surface area contributed by atoms with Crippen molar-refractivity contribution in [1.29, 1.82) is 0 Å². The molecule has 1 aromatic carbocycles. The Balaban J connectivity index is 1.77. The van der Waals surface area contributed by atoms with Crippen molar-refractivity contribution in [3.63, 3.8) is 0 Å². The van der Waals surface area contributed by atoms with E-state index in [0.717, 1.165) is 5.82 Å². The Bertz CT molecular complexity index is 557. The molecular weight excluding hydrogens is 261 g/mol. The fourth-order valence-electron chi connectivity index (χ4n) is 1.68.